The van der Waals surface area contributed by atoms with Gasteiger partial charge in [-0.1, -0.05) is 41.6 Å². The Kier molecular flexibility index (Phi) is 5.34. The SMILES string of the molecule is Cc1cccc(C)c1-c1noc(NC(=O)Cc2ccccc2F)c1-c1ccncn1. The quantitative estimate of drug-likeness (QED) is 0.522. The Bertz CT molecular complexity index is 1180. The second-order valence-electron chi connectivity index (χ2n) is 6.91. The highest BCUT2D eigenvalue weighted by Gasteiger charge is 2.24. The number of nitrogens with one attached hydrogen (secondary N) is 1. The van der Waals surface area contributed by atoms with Crippen LogP contribution in [0.4, 0.5) is 10.3 Å². The highest BCUT2D eigenvalue weighted by Crippen LogP contribution is 2.39. The molecule has 0 atom stereocenters. The number of aromatic nitrogens is 3. The van der Waals surface area contributed by atoms with Gasteiger partial charge in [-0.25, -0.2) is 14.4 Å². The van der Waals surface area contributed by atoms with E-state index in [1.54, 1.807) is 30.5 Å². The summed E-state index contributed by atoms with van der Waals surface area (Å²) in [5.74, 6) is -0.690. The number of carbonyl (C=O) groups is 1. The molecule has 0 spiro atoms. The molecule has 0 aliphatic heterocycles. The van der Waals surface area contributed by atoms with Crippen molar-refractivity contribution in [3.8, 4) is 22.5 Å². The number of halogens is 1. The zero-order chi connectivity index (χ0) is 21.1. The lowest BCUT2D eigenvalue weighted by molar-refractivity contribution is -0.115. The van der Waals surface area contributed by atoms with Crippen molar-refractivity contribution in [1.82, 2.24) is 15.1 Å². The Labute approximate surface area is 172 Å². The van der Waals surface area contributed by atoms with E-state index in [-0.39, 0.29) is 12.3 Å². The minimum absolute atomic E-state index is 0.130. The number of amides is 1. The summed E-state index contributed by atoms with van der Waals surface area (Å²) in [6, 6.07) is 13.8. The van der Waals surface area contributed by atoms with Crippen LogP contribution in [-0.4, -0.2) is 21.0 Å². The number of benzene rings is 2. The maximum atomic E-state index is 13.9. The maximum Gasteiger partial charge on any atom is 0.241 e. The van der Waals surface area contributed by atoms with Gasteiger partial charge in [0.2, 0.25) is 11.8 Å². The predicted molar refractivity (Wildman–Crippen MR) is 111 cm³/mol. The summed E-state index contributed by atoms with van der Waals surface area (Å²) in [6.07, 6.45) is 2.89. The van der Waals surface area contributed by atoms with Crippen LogP contribution in [-0.2, 0) is 11.2 Å². The molecule has 0 fully saturated rings. The smallest absolute Gasteiger partial charge is 0.241 e. The fourth-order valence-corrected chi connectivity index (χ4v) is 3.40. The zero-order valence-corrected chi connectivity index (χ0v) is 16.5. The van der Waals surface area contributed by atoms with E-state index < -0.39 is 11.7 Å². The molecule has 0 saturated carbocycles. The number of rotatable bonds is 5. The number of hydrogen-bond donors (Lipinski definition) is 1. The first-order chi connectivity index (χ1) is 14.5. The third-order valence-electron chi connectivity index (χ3n) is 4.81. The fraction of sp³-hybridized carbons (Fsp3) is 0.130. The molecule has 1 N–H and O–H groups in total. The Hall–Kier alpha value is -3.87. The average Bonchev–Trinajstić information content (AvgIpc) is 3.13. The van der Waals surface area contributed by atoms with E-state index in [2.05, 4.69) is 20.4 Å². The minimum atomic E-state index is -0.433. The van der Waals surface area contributed by atoms with E-state index >= 15 is 0 Å². The summed E-state index contributed by atoms with van der Waals surface area (Å²) in [5.41, 5.74) is 4.93. The predicted octanol–water partition coefficient (Wildman–Crippen LogP) is 4.74. The van der Waals surface area contributed by atoms with Crippen molar-refractivity contribution in [1.29, 1.82) is 0 Å². The van der Waals surface area contributed by atoms with Gasteiger partial charge in [0.1, 0.15) is 17.8 Å². The first-order valence-corrected chi connectivity index (χ1v) is 9.40. The lowest BCUT2D eigenvalue weighted by atomic mass is 9.96. The summed E-state index contributed by atoms with van der Waals surface area (Å²) in [4.78, 5) is 20.9. The average molecular weight is 402 g/mol. The van der Waals surface area contributed by atoms with Gasteiger partial charge >= 0.3 is 0 Å². The molecule has 2 aromatic carbocycles. The van der Waals surface area contributed by atoms with Crippen molar-refractivity contribution in [2.75, 3.05) is 5.32 Å². The Balaban J connectivity index is 1.75. The van der Waals surface area contributed by atoms with Gasteiger partial charge in [0.05, 0.1) is 17.7 Å². The molecule has 0 bridgehead atoms. The summed E-state index contributed by atoms with van der Waals surface area (Å²) in [7, 11) is 0. The van der Waals surface area contributed by atoms with Crippen LogP contribution in [0.5, 0.6) is 0 Å². The first kappa shape index (κ1) is 19.4. The highest BCUT2D eigenvalue weighted by atomic mass is 19.1. The van der Waals surface area contributed by atoms with Crippen molar-refractivity contribution in [2.45, 2.75) is 20.3 Å². The topological polar surface area (TPSA) is 80.9 Å². The van der Waals surface area contributed by atoms with Crippen LogP contribution in [0.2, 0.25) is 0 Å². The van der Waals surface area contributed by atoms with Gasteiger partial charge in [0.15, 0.2) is 0 Å². The standard InChI is InChI=1S/C23H19FN4O2/c1-14-6-5-7-15(2)20(14)22-21(18-10-11-25-13-26-18)23(30-28-22)27-19(29)12-16-8-3-4-9-17(16)24/h3-11,13H,12H2,1-2H3,(H,27,29). The zero-order valence-electron chi connectivity index (χ0n) is 16.5. The van der Waals surface area contributed by atoms with E-state index in [9.17, 15) is 9.18 Å². The summed E-state index contributed by atoms with van der Waals surface area (Å²) >= 11 is 0. The second kappa shape index (κ2) is 8.24. The van der Waals surface area contributed by atoms with E-state index in [0.29, 0.717) is 22.5 Å². The Morgan fingerprint density at radius 2 is 1.80 bits per heavy atom. The van der Waals surface area contributed by atoms with Crippen molar-refractivity contribution >= 4 is 11.8 Å². The lowest BCUT2D eigenvalue weighted by Crippen LogP contribution is -2.15. The Morgan fingerprint density at radius 3 is 2.50 bits per heavy atom. The Morgan fingerprint density at radius 1 is 1.03 bits per heavy atom. The number of carbonyl (C=O) groups excluding carboxylic acids is 1. The normalized spacial score (nSPS) is 10.8. The van der Waals surface area contributed by atoms with Crippen LogP contribution in [0.25, 0.3) is 22.5 Å². The van der Waals surface area contributed by atoms with Crippen LogP contribution in [0.15, 0.2) is 65.6 Å². The van der Waals surface area contributed by atoms with E-state index in [4.69, 9.17) is 4.52 Å². The molecule has 150 valence electrons. The molecule has 1 amide bonds. The van der Waals surface area contributed by atoms with Crippen molar-refractivity contribution in [3.05, 3.63) is 83.6 Å². The molecule has 0 saturated heterocycles. The second-order valence-corrected chi connectivity index (χ2v) is 6.91. The molecule has 0 aliphatic rings. The van der Waals surface area contributed by atoms with Crippen LogP contribution >= 0.6 is 0 Å². The summed E-state index contributed by atoms with van der Waals surface area (Å²) in [5, 5.41) is 6.96. The van der Waals surface area contributed by atoms with Crippen LogP contribution in [0.1, 0.15) is 16.7 Å². The molecule has 0 unspecified atom stereocenters. The minimum Gasteiger partial charge on any atom is -0.337 e. The monoisotopic (exact) mass is 402 g/mol. The van der Waals surface area contributed by atoms with Gasteiger partial charge in [0, 0.05) is 11.8 Å². The van der Waals surface area contributed by atoms with Gasteiger partial charge in [-0.2, -0.15) is 0 Å². The lowest BCUT2D eigenvalue weighted by Gasteiger charge is -2.09. The molecule has 30 heavy (non-hydrogen) atoms. The number of hydrogen-bond acceptors (Lipinski definition) is 5. The maximum absolute atomic E-state index is 13.9. The number of nitrogens with zero attached hydrogens (tertiary/aromatic N) is 3. The molecule has 2 aromatic heterocycles. The van der Waals surface area contributed by atoms with Gasteiger partial charge in [-0.3, -0.25) is 10.1 Å². The molecule has 4 rings (SSSR count). The molecule has 0 radical (unpaired) electrons. The molecular weight excluding hydrogens is 383 g/mol. The summed E-state index contributed by atoms with van der Waals surface area (Å²) < 4.78 is 19.4. The highest BCUT2D eigenvalue weighted by molar-refractivity contribution is 5.97. The third kappa shape index (κ3) is 3.82. The third-order valence-corrected chi connectivity index (χ3v) is 4.81. The molecule has 2 heterocycles. The van der Waals surface area contributed by atoms with E-state index in [1.165, 1.54) is 12.4 Å². The molecule has 7 heteroatoms. The van der Waals surface area contributed by atoms with Gasteiger partial charge in [-0.15, -0.1) is 0 Å². The molecular formula is C23H19FN4O2. The van der Waals surface area contributed by atoms with Crippen LogP contribution < -0.4 is 5.32 Å². The van der Waals surface area contributed by atoms with E-state index in [1.807, 2.05) is 32.0 Å². The summed E-state index contributed by atoms with van der Waals surface area (Å²) in [6.45, 7) is 3.97. The van der Waals surface area contributed by atoms with Crippen LogP contribution in [0.3, 0.4) is 0 Å². The largest absolute Gasteiger partial charge is 0.337 e. The van der Waals surface area contributed by atoms with E-state index in [0.717, 1.165) is 16.7 Å². The van der Waals surface area contributed by atoms with Crippen molar-refractivity contribution < 1.29 is 13.7 Å². The van der Waals surface area contributed by atoms with Crippen LogP contribution in [0, 0.1) is 19.7 Å². The fourth-order valence-electron chi connectivity index (χ4n) is 3.40. The van der Waals surface area contributed by atoms with Gasteiger partial charge in [0.25, 0.3) is 0 Å². The number of aryl methyl sites for hydroxylation is 2. The first-order valence-electron chi connectivity index (χ1n) is 9.40. The molecule has 6 nitrogen and oxygen atoms in total. The molecule has 4 aromatic rings. The van der Waals surface area contributed by atoms with Gasteiger partial charge < -0.3 is 4.52 Å². The van der Waals surface area contributed by atoms with Crippen molar-refractivity contribution in [2.24, 2.45) is 0 Å². The molecule has 0 aliphatic carbocycles. The van der Waals surface area contributed by atoms with Gasteiger partial charge in [-0.05, 0) is 42.7 Å². The van der Waals surface area contributed by atoms with Crippen molar-refractivity contribution in [3.63, 3.8) is 0 Å². The number of anilines is 1.